The monoisotopic (exact) mass is 512 g/mol. The van der Waals surface area contributed by atoms with Crippen LogP contribution in [0.5, 0.6) is 0 Å². The highest BCUT2D eigenvalue weighted by molar-refractivity contribution is 7.87. The van der Waals surface area contributed by atoms with Gasteiger partial charge in [-0.25, -0.2) is 0 Å². The summed E-state index contributed by atoms with van der Waals surface area (Å²) in [6.07, 6.45) is 3.91. The molecule has 0 unspecified atom stereocenters. The molecule has 10 heteroatoms. The molecule has 0 aromatic heterocycles. The molecule has 2 N–H and O–H groups in total. The SMILES string of the molecule is CN1CCC[C@H]1CCCN(CNC(=O)c1ccc(Cl)cc1)S(=O)(=O)NCc1ccc(Cl)cc1. The number of carbonyl (C=O) groups is 1. The molecule has 0 aliphatic carbocycles. The molecule has 0 spiro atoms. The summed E-state index contributed by atoms with van der Waals surface area (Å²) in [7, 11) is -1.72. The molecule has 1 saturated heterocycles. The van der Waals surface area contributed by atoms with E-state index in [2.05, 4.69) is 22.0 Å². The first-order valence-electron chi connectivity index (χ1n) is 11.0. The van der Waals surface area contributed by atoms with E-state index in [-0.39, 0.29) is 19.1 Å². The van der Waals surface area contributed by atoms with Crippen LogP contribution in [0.3, 0.4) is 0 Å². The zero-order valence-corrected chi connectivity index (χ0v) is 21.0. The van der Waals surface area contributed by atoms with Crippen molar-refractivity contribution in [3.8, 4) is 0 Å². The van der Waals surface area contributed by atoms with Crippen LogP contribution in [0.1, 0.15) is 41.6 Å². The smallest absolute Gasteiger partial charge is 0.281 e. The Kier molecular flexibility index (Phi) is 9.55. The molecule has 1 atom stereocenters. The standard InChI is InChI=1S/C23H30Cl2N4O3S/c1-28-14-2-4-22(28)5-3-15-29(17-26-23(30)19-8-12-21(25)13-9-19)33(31,32)27-16-18-6-10-20(24)11-7-18/h6-13,22,27H,2-5,14-17H2,1H3,(H,26,30)/t22-/m0/s1. The molecule has 1 aliphatic rings. The molecule has 1 amide bonds. The third-order valence-electron chi connectivity index (χ3n) is 5.85. The highest BCUT2D eigenvalue weighted by Gasteiger charge is 2.25. The summed E-state index contributed by atoms with van der Waals surface area (Å²) in [5.41, 5.74) is 1.21. The number of nitrogens with one attached hydrogen (secondary N) is 2. The second kappa shape index (κ2) is 12.1. The predicted molar refractivity (Wildman–Crippen MR) is 133 cm³/mol. The first-order chi connectivity index (χ1) is 15.7. The molecule has 0 radical (unpaired) electrons. The number of halogens is 2. The van der Waals surface area contributed by atoms with E-state index in [1.54, 1.807) is 48.5 Å². The highest BCUT2D eigenvalue weighted by atomic mass is 35.5. The topological polar surface area (TPSA) is 81.8 Å². The fourth-order valence-corrected chi connectivity index (χ4v) is 5.25. The summed E-state index contributed by atoms with van der Waals surface area (Å²) >= 11 is 11.8. The third kappa shape index (κ3) is 7.95. The first kappa shape index (κ1) is 25.9. The van der Waals surface area contributed by atoms with Crippen LogP contribution in [0.25, 0.3) is 0 Å². The Morgan fingerprint density at radius 3 is 2.33 bits per heavy atom. The number of hydrogen-bond acceptors (Lipinski definition) is 4. The minimum absolute atomic E-state index is 0.127. The molecule has 1 aliphatic heterocycles. The van der Waals surface area contributed by atoms with E-state index >= 15 is 0 Å². The molecular weight excluding hydrogens is 483 g/mol. The first-order valence-corrected chi connectivity index (χ1v) is 13.2. The van der Waals surface area contributed by atoms with Crippen molar-refractivity contribution >= 4 is 39.3 Å². The number of rotatable bonds is 11. The molecule has 0 bridgehead atoms. The second-order valence-corrected chi connectivity index (χ2v) is 10.8. The van der Waals surface area contributed by atoms with Gasteiger partial charge < -0.3 is 10.2 Å². The lowest BCUT2D eigenvalue weighted by molar-refractivity contribution is 0.0940. The maximum atomic E-state index is 13.1. The van der Waals surface area contributed by atoms with Crippen LogP contribution in [0.2, 0.25) is 10.0 Å². The van der Waals surface area contributed by atoms with Crippen molar-refractivity contribution in [2.75, 3.05) is 26.8 Å². The third-order valence-corrected chi connectivity index (χ3v) is 7.86. The number of nitrogens with zero attached hydrogens (tertiary/aromatic N) is 2. The Bertz CT molecular complexity index is 1020. The molecule has 33 heavy (non-hydrogen) atoms. The highest BCUT2D eigenvalue weighted by Crippen LogP contribution is 2.19. The molecule has 1 heterocycles. The van der Waals surface area contributed by atoms with Gasteiger partial charge in [-0.15, -0.1) is 0 Å². The van der Waals surface area contributed by atoms with Gasteiger partial charge in [0.25, 0.3) is 16.1 Å². The number of likely N-dealkylation sites (tertiary alicyclic amines) is 1. The van der Waals surface area contributed by atoms with Gasteiger partial charge in [0.05, 0.1) is 6.67 Å². The Morgan fingerprint density at radius 2 is 1.73 bits per heavy atom. The molecule has 7 nitrogen and oxygen atoms in total. The van der Waals surface area contributed by atoms with E-state index < -0.39 is 10.2 Å². The van der Waals surface area contributed by atoms with Crippen LogP contribution in [-0.4, -0.2) is 56.4 Å². The molecule has 180 valence electrons. The zero-order chi connectivity index (χ0) is 23.8. The van der Waals surface area contributed by atoms with E-state index in [0.717, 1.165) is 24.9 Å². The fraction of sp³-hybridized carbons (Fsp3) is 0.435. The summed E-state index contributed by atoms with van der Waals surface area (Å²) in [4.78, 5) is 14.8. The van der Waals surface area contributed by atoms with Crippen LogP contribution in [0.15, 0.2) is 48.5 Å². The minimum atomic E-state index is -3.82. The summed E-state index contributed by atoms with van der Waals surface area (Å²) in [5.74, 6) is -0.361. The van der Waals surface area contributed by atoms with Gasteiger partial charge >= 0.3 is 0 Å². The summed E-state index contributed by atoms with van der Waals surface area (Å²) < 4.78 is 30.0. The van der Waals surface area contributed by atoms with Gasteiger partial charge in [0.2, 0.25) is 0 Å². The van der Waals surface area contributed by atoms with Gasteiger partial charge in [0.15, 0.2) is 0 Å². The van der Waals surface area contributed by atoms with E-state index in [9.17, 15) is 13.2 Å². The summed E-state index contributed by atoms with van der Waals surface area (Å²) in [6.45, 7) is 1.39. The molecule has 2 aromatic rings. The quantitative estimate of drug-likeness (QED) is 0.447. The summed E-state index contributed by atoms with van der Waals surface area (Å²) in [6, 6.07) is 13.9. The second-order valence-electron chi connectivity index (χ2n) is 8.22. The minimum Gasteiger partial charge on any atom is -0.338 e. The van der Waals surface area contributed by atoms with E-state index in [1.807, 2.05) is 0 Å². The van der Waals surface area contributed by atoms with Gasteiger partial charge in [-0.1, -0.05) is 35.3 Å². The molecule has 1 fully saturated rings. The molecule has 2 aromatic carbocycles. The van der Waals surface area contributed by atoms with Crippen LogP contribution < -0.4 is 10.0 Å². The van der Waals surface area contributed by atoms with Gasteiger partial charge in [0.1, 0.15) is 0 Å². The normalized spacial score (nSPS) is 16.9. The van der Waals surface area contributed by atoms with E-state index in [4.69, 9.17) is 23.2 Å². The van der Waals surface area contributed by atoms with Crippen LogP contribution in [0, 0.1) is 0 Å². The lowest BCUT2D eigenvalue weighted by atomic mass is 10.1. The molecule has 3 rings (SSSR count). The lowest BCUT2D eigenvalue weighted by Crippen LogP contribution is -2.47. The van der Waals surface area contributed by atoms with Gasteiger partial charge in [-0.2, -0.15) is 17.4 Å². The van der Waals surface area contributed by atoms with Gasteiger partial charge in [-0.3, -0.25) is 4.79 Å². The number of benzene rings is 2. The van der Waals surface area contributed by atoms with Crippen LogP contribution >= 0.6 is 23.2 Å². The lowest BCUT2D eigenvalue weighted by Gasteiger charge is -2.25. The average molecular weight is 513 g/mol. The van der Waals surface area contributed by atoms with E-state index in [0.29, 0.717) is 34.6 Å². The zero-order valence-electron chi connectivity index (χ0n) is 18.6. The van der Waals surface area contributed by atoms with Crippen molar-refractivity contribution < 1.29 is 13.2 Å². The average Bonchev–Trinajstić information content (AvgIpc) is 3.20. The maximum absolute atomic E-state index is 13.1. The van der Waals surface area contributed by atoms with Crippen molar-refractivity contribution in [2.24, 2.45) is 0 Å². The van der Waals surface area contributed by atoms with Gasteiger partial charge in [0, 0.05) is 34.7 Å². The van der Waals surface area contributed by atoms with Gasteiger partial charge in [-0.05, 0) is 81.2 Å². The van der Waals surface area contributed by atoms with Crippen molar-refractivity contribution in [2.45, 2.75) is 38.3 Å². The number of hydrogen-bond donors (Lipinski definition) is 2. The Balaban J connectivity index is 1.62. The van der Waals surface area contributed by atoms with Crippen molar-refractivity contribution in [3.63, 3.8) is 0 Å². The predicted octanol–water partition coefficient (Wildman–Crippen LogP) is 3.89. The Morgan fingerprint density at radius 1 is 1.09 bits per heavy atom. The Hall–Kier alpha value is -1.68. The summed E-state index contributed by atoms with van der Waals surface area (Å²) in [5, 5.41) is 3.83. The van der Waals surface area contributed by atoms with Crippen molar-refractivity contribution in [3.05, 3.63) is 69.7 Å². The Labute approximate surface area is 206 Å². The maximum Gasteiger partial charge on any atom is 0.281 e. The fourth-order valence-electron chi connectivity index (χ4n) is 3.86. The van der Waals surface area contributed by atoms with E-state index in [1.165, 1.54) is 10.7 Å². The van der Waals surface area contributed by atoms with Crippen molar-refractivity contribution in [1.29, 1.82) is 0 Å². The number of carbonyl (C=O) groups excluding carboxylic acids is 1. The van der Waals surface area contributed by atoms with Crippen LogP contribution in [0.4, 0.5) is 0 Å². The molecule has 0 saturated carbocycles. The largest absolute Gasteiger partial charge is 0.338 e. The van der Waals surface area contributed by atoms with Crippen LogP contribution in [-0.2, 0) is 16.8 Å². The van der Waals surface area contributed by atoms with Crippen molar-refractivity contribution in [1.82, 2.24) is 19.2 Å². The number of amides is 1. The molecular formula is C23H30Cl2N4O3S.